The molecule has 4 rings (SSSR count). The van der Waals surface area contributed by atoms with Crippen molar-refractivity contribution < 1.29 is 19.1 Å². The summed E-state index contributed by atoms with van der Waals surface area (Å²) < 4.78 is 11.0. The molecule has 0 fully saturated rings. The second-order valence-corrected chi connectivity index (χ2v) is 8.20. The third-order valence-corrected chi connectivity index (χ3v) is 6.01. The summed E-state index contributed by atoms with van der Waals surface area (Å²) in [5, 5.41) is 3.50. The van der Waals surface area contributed by atoms with Gasteiger partial charge in [-0.15, -0.1) is 0 Å². The largest absolute Gasteiger partial charge is 0.494 e. The van der Waals surface area contributed by atoms with E-state index in [9.17, 15) is 9.59 Å². The van der Waals surface area contributed by atoms with Gasteiger partial charge in [0, 0.05) is 17.1 Å². The van der Waals surface area contributed by atoms with Crippen LogP contribution >= 0.6 is 0 Å². The molecule has 0 aliphatic carbocycles. The molecule has 6 nitrogen and oxygen atoms in total. The van der Waals surface area contributed by atoms with Crippen LogP contribution in [-0.4, -0.2) is 25.1 Å². The topological polar surface area (TPSA) is 67.9 Å². The number of carbonyl (C=O) groups is 2. The van der Waals surface area contributed by atoms with Gasteiger partial charge in [0.25, 0.3) is 0 Å². The summed E-state index contributed by atoms with van der Waals surface area (Å²) in [6.45, 7) is 6.26. The zero-order valence-electron chi connectivity index (χ0n) is 20.2. The summed E-state index contributed by atoms with van der Waals surface area (Å²) in [5.41, 5.74) is 3.36. The fraction of sp³-hybridized carbons (Fsp3) is 0.241. The van der Waals surface area contributed by atoms with Crippen molar-refractivity contribution >= 4 is 23.3 Å². The third-order valence-electron chi connectivity index (χ3n) is 6.01. The van der Waals surface area contributed by atoms with Crippen LogP contribution in [0.4, 0.5) is 11.4 Å². The maximum absolute atomic E-state index is 14.1. The Morgan fingerprint density at radius 1 is 0.914 bits per heavy atom. The van der Waals surface area contributed by atoms with Gasteiger partial charge in [0.15, 0.2) is 0 Å². The fourth-order valence-electron chi connectivity index (χ4n) is 4.48. The molecule has 6 heteroatoms. The minimum Gasteiger partial charge on any atom is -0.494 e. The quantitative estimate of drug-likeness (QED) is 0.404. The average Bonchev–Trinajstić information content (AvgIpc) is 3.14. The normalized spacial score (nSPS) is 16.3. The lowest BCUT2D eigenvalue weighted by Crippen LogP contribution is -2.34. The Hall–Kier alpha value is -4.06. The van der Waals surface area contributed by atoms with Crippen molar-refractivity contribution in [3.63, 3.8) is 0 Å². The van der Waals surface area contributed by atoms with E-state index in [1.54, 1.807) is 18.7 Å². The molecule has 1 heterocycles. The number of esters is 1. The number of ether oxygens (including phenoxy) is 2. The zero-order valence-corrected chi connectivity index (χ0v) is 20.2. The Kier molecular flexibility index (Phi) is 7.51. The Balaban J connectivity index is 1.80. The summed E-state index contributed by atoms with van der Waals surface area (Å²) in [5.74, 6) is -0.720. The lowest BCUT2D eigenvalue weighted by atomic mass is 9.87. The molecule has 2 atom stereocenters. The molecule has 0 bridgehead atoms. The second kappa shape index (κ2) is 10.9. The predicted octanol–water partition coefficient (Wildman–Crippen LogP) is 5.74. The number of para-hydroxylation sites is 1. The summed E-state index contributed by atoms with van der Waals surface area (Å²) in [4.78, 5) is 28.9. The molecule has 0 radical (unpaired) electrons. The molecule has 0 spiro atoms. The second-order valence-electron chi connectivity index (χ2n) is 8.20. The number of nitrogens with one attached hydrogen (secondary N) is 1. The van der Waals surface area contributed by atoms with Crippen LogP contribution in [0.3, 0.4) is 0 Å². The first-order valence-electron chi connectivity index (χ1n) is 11.9. The molecule has 0 aromatic heterocycles. The van der Waals surface area contributed by atoms with Crippen LogP contribution in [0.25, 0.3) is 0 Å². The number of allylic oxidation sites excluding steroid dienone is 1. The number of benzene rings is 3. The van der Waals surface area contributed by atoms with Crippen molar-refractivity contribution in [3.8, 4) is 5.75 Å². The smallest absolute Gasteiger partial charge is 0.336 e. The average molecular weight is 471 g/mol. The maximum atomic E-state index is 14.1. The Morgan fingerprint density at radius 3 is 2.14 bits per heavy atom. The highest BCUT2D eigenvalue weighted by Crippen LogP contribution is 2.42. The van der Waals surface area contributed by atoms with Crippen LogP contribution in [0.1, 0.15) is 32.4 Å². The molecule has 180 valence electrons. The maximum Gasteiger partial charge on any atom is 0.336 e. The van der Waals surface area contributed by atoms with E-state index < -0.39 is 17.9 Å². The molecule has 0 saturated carbocycles. The number of anilines is 2. The molecule has 35 heavy (non-hydrogen) atoms. The first-order valence-corrected chi connectivity index (χ1v) is 11.9. The number of carbonyl (C=O) groups excluding carboxylic acids is 2. The van der Waals surface area contributed by atoms with E-state index in [4.69, 9.17) is 9.47 Å². The van der Waals surface area contributed by atoms with Crippen LogP contribution in [0.2, 0.25) is 0 Å². The van der Waals surface area contributed by atoms with Crippen molar-refractivity contribution in [1.82, 2.24) is 0 Å². The SMILES string of the molecule is CCOC(=O)C1=C(C)N(c2ccc(OCC)cc2)C(=O)C1C(Nc1ccccc1)c1ccccc1. The first-order chi connectivity index (χ1) is 17.0. The Morgan fingerprint density at radius 2 is 1.54 bits per heavy atom. The van der Waals surface area contributed by atoms with Crippen molar-refractivity contribution in [2.75, 3.05) is 23.4 Å². The van der Waals surface area contributed by atoms with Gasteiger partial charge in [0.2, 0.25) is 5.91 Å². The van der Waals surface area contributed by atoms with E-state index in [1.807, 2.05) is 91.9 Å². The minimum atomic E-state index is -0.775. The van der Waals surface area contributed by atoms with Crippen LogP contribution in [0, 0.1) is 5.92 Å². The lowest BCUT2D eigenvalue weighted by Gasteiger charge is -2.27. The molecule has 0 saturated heterocycles. The lowest BCUT2D eigenvalue weighted by molar-refractivity contribution is -0.140. The summed E-state index contributed by atoms with van der Waals surface area (Å²) in [6.07, 6.45) is 0. The monoisotopic (exact) mass is 470 g/mol. The first kappa shape index (κ1) is 24.1. The van der Waals surface area contributed by atoms with Gasteiger partial charge in [-0.2, -0.15) is 0 Å². The van der Waals surface area contributed by atoms with Crippen molar-refractivity contribution in [2.45, 2.75) is 26.8 Å². The van der Waals surface area contributed by atoms with Crippen LogP contribution in [-0.2, 0) is 14.3 Å². The summed E-state index contributed by atoms with van der Waals surface area (Å²) in [7, 11) is 0. The molecule has 3 aromatic rings. The van der Waals surface area contributed by atoms with Crippen molar-refractivity contribution in [1.29, 1.82) is 0 Å². The number of amides is 1. The van der Waals surface area contributed by atoms with E-state index in [2.05, 4.69) is 5.32 Å². The van der Waals surface area contributed by atoms with Gasteiger partial charge >= 0.3 is 5.97 Å². The molecule has 3 aromatic carbocycles. The van der Waals surface area contributed by atoms with Crippen LogP contribution in [0.15, 0.2) is 96.2 Å². The molecule has 1 aliphatic heterocycles. The van der Waals surface area contributed by atoms with Crippen LogP contribution in [0.5, 0.6) is 5.75 Å². The number of nitrogens with zero attached hydrogens (tertiary/aromatic N) is 1. The highest BCUT2D eigenvalue weighted by molar-refractivity contribution is 6.11. The molecular formula is C29H30N2O4. The molecule has 1 amide bonds. The molecule has 1 N–H and O–H groups in total. The summed E-state index contributed by atoms with van der Waals surface area (Å²) in [6, 6.07) is 26.2. The van der Waals surface area contributed by atoms with E-state index in [1.165, 1.54) is 0 Å². The predicted molar refractivity (Wildman–Crippen MR) is 137 cm³/mol. The van der Waals surface area contributed by atoms with Crippen LogP contribution < -0.4 is 15.0 Å². The van der Waals surface area contributed by atoms with E-state index in [0.717, 1.165) is 17.0 Å². The minimum absolute atomic E-state index is 0.188. The Bertz CT molecular complexity index is 1190. The van der Waals surface area contributed by atoms with E-state index in [-0.39, 0.29) is 12.5 Å². The highest BCUT2D eigenvalue weighted by atomic mass is 16.5. The van der Waals surface area contributed by atoms with Gasteiger partial charge in [-0.25, -0.2) is 4.79 Å². The molecule has 1 aliphatic rings. The number of hydrogen-bond acceptors (Lipinski definition) is 5. The van der Waals surface area contributed by atoms with Gasteiger partial charge in [0.05, 0.1) is 30.7 Å². The highest BCUT2D eigenvalue weighted by Gasteiger charge is 2.47. The molecule has 2 unspecified atom stereocenters. The number of hydrogen-bond donors (Lipinski definition) is 1. The van der Waals surface area contributed by atoms with Gasteiger partial charge in [-0.05, 0) is 62.7 Å². The molecular weight excluding hydrogens is 440 g/mol. The Labute approximate surface area is 206 Å². The zero-order chi connectivity index (χ0) is 24.8. The number of rotatable bonds is 9. The standard InChI is InChI=1S/C29H30N2O4/c1-4-34-24-18-16-23(17-19-24)31-20(3)25(29(33)35-5-2)26(28(31)32)27(21-12-8-6-9-13-21)30-22-14-10-7-11-15-22/h6-19,26-27,30H,4-5H2,1-3H3. The van der Waals surface area contributed by atoms with Gasteiger partial charge in [-0.1, -0.05) is 48.5 Å². The van der Waals surface area contributed by atoms with Gasteiger partial charge in [-0.3, -0.25) is 9.69 Å². The van der Waals surface area contributed by atoms with Crippen molar-refractivity contribution in [2.24, 2.45) is 5.92 Å². The summed E-state index contributed by atoms with van der Waals surface area (Å²) >= 11 is 0. The van der Waals surface area contributed by atoms with E-state index >= 15 is 0 Å². The third kappa shape index (κ3) is 5.06. The van der Waals surface area contributed by atoms with Gasteiger partial charge in [0.1, 0.15) is 5.75 Å². The van der Waals surface area contributed by atoms with E-state index in [0.29, 0.717) is 23.6 Å². The van der Waals surface area contributed by atoms with Crippen molar-refractivity contribution in [3.05, 3.63) is 102 Å². The van der Waals surface area contributed by atoms with Gasteiger partial charge < -0.3 is 14.8 Å². The fourth-order valence-corrected chi connectivity index (χ4v) is 4.48.